The van der Waals surface area contributed by atoms with E-state index in [-0.39, 0.29) is 23.0 Å². The van der Waals surface area contributed by atoms with Crippen LogP contribution in [0.25, 0.3) is 0 Å². The minimum atomic E-state index is -0.165. The third-order valence-corrected chi connectivity index (χ3v) is 6.33. The highest BCUT2D eigenvalue weighted by Gasteiger charge is 2.26. The minimum Gasteiger partial charge on any atom is -0.494 e. The second-order valence-electron chi connectivity index (χ2n) is 8.65. The molecule has 8 nitrogen and oxygen atoms in total. The number of aromatic amines is 1. The Balaban J connectivity index is 1.23. The molecule has 2 aromatic rings. The number of fused-ring (bicyclic) bond motifs is 1. The van der Waals surface area contributed by atoms with Crippen LogP contribution in [-0.2, 0) is 29.0 Å². The van der Waals surface area contributed by atoms with E-state index in [4.69, 9.17) is 9.47 Å². The van der Waals surface area contributed by atoms with E-state index >= 15 is 0 Å². The number of H-pyrrole nitrogens is 1. The first-order valence-electron chi connectivity index (χ1n) is 11.7. The predicted octanol–water partition coefficient (Wildman–Crippen LogP) is 2.34. The summed E-state index contributed by atoms with van der Waals surface area (Å²) in [5.74, 6) is 1.61. The number of rotatable bonds is 9. The fourth-order valence-corrected chi connectivity index (χ4v) is 4.47. The van der Waals surface area contributed by atoms with Gasteiger partial charge in [-0.25, -0.2) is 4.98 Å². The molecule has 1 N–H and O–H groups in total. The Labute approximate surface area is 193 Å². The van der Waals surface area contributed by atoms with Gasteiger partial charge in [0.05, 0.1) is 37.6 Å². The lowest BCUT2D eigenvalue weighted by atomic mass is 9.88. The number of hydrogen-bond donors (Lipinski definition) is 1. The molecule has 0 radical (unpaired) electrons. The van der Waals surface area contributed by atoms with Crippen molar-refractivity contribution in [3.8, 4) is 5.75 Å². The van der Waals surface area contributed by atoms with Crippen molar-refractivity contribution in [2.24, 2.45) is 5.92 Å². The van der Waals surface area contributed by atoms with Gasteiger partial charge in [-0.1, -0.05) is 0 Å². The third-order valence-electron chi connectivity index (χ3n) is 6.33. The lowest BCUT2D eigenvalue weighted by Gasteiger charge is -2.30. The molecule has 0 aliphatic carbocycles. The second-order valence-corrected chi connectivity index (χ2v) is 8.65. The number of benzene rings is 1. The first-order chi connectivity index (χ1) is 16.0. The molecule has 2 aliphatic rings. The summed E-state index contributed by atoms with van der Waals surface area (Å²) in [7, 11) is 0. The van der Waals surface area contributed by atoms with Crippen molar-refractivity contribution < 1.29 is 19.1 Å². The quantitative estimate of drug-likeness (QED) is 0.582. The van der Waals surface area contributed by atoms with Gasteiger partial charge in [0, 0.05) is 30.7 Å². The first-order valence-corrected chi connectivity index (χ1v) is 11.7. The highest BCUT2D eigenvalue weighted by Crippen LogP contribution is 2.23. The minimum absolute atomic E-state index is 0.0111. The summed E-state index contributed by atoms with van der Waals surface area (Å²) in [6.07, 6.45) is 2.89. The van der Waals surface area contributed by atoms with Crippen LogP contribution >= 0.6 is 0 Å². The zero-order valence-corrected chi connectivity index (χ0v) is 19.1. The number of ether oxygens (including phenoxy) is 2. The van der Waals surface area contributed by atoms with Crippen molar-refractivity contribution >= 4 is 11.6 Å². The van der Waals surface area contributed by atoms with Crippen LogP contribution in [0, 0.1) is 5.92 Å². The topological polar surface area (TPSA) is 102 Å². The Hall–Kier alpha value is -2.84. The van der Waals surface area contributed by atoms with E-state index in [1.165, 1.54) is 0 Å². The number of carbonyl (C=O) groups excluding carboxylic acids is 2. The average Bonchev–Trinajstić information content (AvgIpc) is 2.84. The monoisotopic (exact) mass is 453 g/mol. The Bertz CT molecular complexity index is 1040. The highest BCUT2D eigenvalue weighted by atomic mass is 16.5. The maximum atomic E-state index is 12.8. The standard InChI is InChI=1S/C25H31N3O5/c1-2-33-20-6-3-17(4-7-20)24(30)18-9-12-28(13-10-18)15-19(29)5-8-23-26-22-11-14-32-16-21(22)25(31)27-23/h3-4,6-7,18H,2,5,8-16H2,1H3,(H,26,27,31). The fourth-order valence-electron chi connectivity index (χ4n) is 4.47. The van der Waals surface area contributed by atoms with E-state index in [9.17, 15) is 14.4 Å². The van der Waals surface area contributed by atoms with Crippen LogP contribution in [0.2, 0.25) is 0 Å². The third kappa shape index (κ3) is 5.94. The molecule has 1 aromatic carbocycles. The molecule has 1 fully saturated rings. The number of carbonyl (C=O) groups is 2. The Morgan fingerprint density at radius 2 is 1.97 bits per heavy atom. The molecular formula is C25H31N3O5. The van der Waals surface area contributed by atoms with Gasteiger partial charge in [0.15, 0.2) is 5.78 Å². The molecule has 33 heavy (non-hydrogen) atoms. The van der Waals surface area contributed by atoms with Gasteiger partial charge < -0.3 is 14.5 Å². The van der Waals surface area contributed by atoms with Crippen molar-refractivity contribution in [2.45, 2.75) is 45.6 Å². The normalized spacial score (nSPS) is 16.9. The number of likely N-dealkylation sites (tertiary alicyclic amines) is 1. The van der Waals surface area contributed by atoms with Gasteiger partial charge >= 0.3 is 0 Å². The molecule has 2 aliphatic heterocycles. The van der Waals surface area contributed by atoms with Crippen molar-refractivity contribution in [1.29, 1.82) is 0 Å². The molecule has 0 spiro atoms. The molecule has 0 atom stereocenters. The second kappa shape index (κ2) is 10.9. The molecule has 0 saturated carbocycles. The van der Waals surface area contributed by atoms with Crippen LogP contribution in [-0.4, -0.2) is 59.3 Å². The predicted molar refractivity (Wildman–Crippen MR) is 123 cm³/mol. The number of ketones is 2. The highest BCUT2D eigenvalue weighted by molar-refractivity contribution is 5.98. The first kappa shape index (κ1) is 23.3. The zero-order chi connectivity index (χ0) is 23.2. The number of aromatic nitrogens is 2. The van der Waals surface area contributed by atoms with E-state index in [0.717, 1.165) is 37.4 Å². The molecule has 0 unspecified atom stereocenters. The van der Waals surface area contributed by atoms with Crippen molar-refractivity contribution in [1.82, 2.24) is 14.9 Å². The smallest absolute Gasteiger partial charge is 0.256 e. The summed E-state index contributed by atoms with van der Waals surface area (Å²) < 4.78 is 10.8. The van der Waals surface area contributed by atoms with Crippen LogP contribution in [0.1, 0.15) is 53.6 Å². The molecule has 0 bridgehead atoms. The van der Waals surface area contributed by atoms with E-state index in [1.807, 2.05) is 31.2 Å². The summed E-state index contributed by atoms with van der Waals surface area (Å²) in [5.41, 5.74) is 1.93. The van der Waals surface area contributed by atoms with Gasteiger partial charge in [-0.3, -0.25) is 19.3 Å². The maximum Gasteiger partial charge on any atom is 0.256 e. The molecular weight excluding hydrogens is 422 g/mol. The Morgan fingerprint density at radius 1 is 1.21 bits per heavy atom. The van der Waals surface area contributed by atoms with E-state index in [1.54, 1.807) is 0 Å². The van der Waals surface area contributed by atoms with Crippen LogP contribution < -0.4 is 10.3 Å². The maximum absolute atomic E-state index is 12.8. The fraction of sp³-hybridized carbons (Fsp3) is 0.520. The largest absolute Gasteiger partial charge is 0.494 e. The lowest BCUT2D eigenvalue weighted by molar-refractivity contribution is -0.120. The van der Waals surface area contributed by atoms with Gasteiger partial charge in [0.1, 0.15) is 17.4 Å². The Kier molecular flexibility index (Phi) is 7.67. The van der Waals surface area contributed by atoms with Crippen molar-refractivity contribution in [3.05, 3.63) is 57.3 Å². The van der Waals surface area contributed by atoms with Crippen LogP contribution in [0.5, 0.6) is 5.75 Å². The zero-order valence-electron chi connectivity index (χ0n) is 19.1. The molecule has 8 heteroatoms. The number of hydrogen-bond acceptors (Lipinski definition) is 7. The molecule has 0 amide bonds. The summed E-state index contributed by atoms with van der Waals surface area (Å²) in [5, 5.41) is 0. The molecule has 1 aromatic heterocycles. The van der Waals surface area contributed by atoms with Gasteiger partial charge in [-0.15, -0.1) is 0 Å². The van der Waals surface area contributed by atoms with Gasteiger partial charge in [-0.05, 0) is 57.1 Å². The van der Waals surface area contributed by atoms with Gasteiger partial charge in [-0.2, -0.15) is 0 Å². The van der Waals surface area contributed by atoms with Crippen LogP contribution in [0.15, 0.2) is 29.1 Å². The number of piperidine rings is 1. The van der Waals surface area contributed by atoms with E-state index < -0.39 is 0 Å². The summed E-state index contributed by atoms with van der Waals surface area (Å²) in [6, 6.07) is 7.33. The number of Topliss-reactive ketones (excluding diaryl/α,β-unsaturated/α-hetero) is 2. The SMILES string of the molecule is CCOc1ccc(C(=O)C2CCN(CC(=O)CCc3nc4c(c(=O)[nH]3)COCC4)CC2)cc1. The van der Waals surface area contributed by atoms with Crippen molar-refractivity contribution in [2.75, 3.05) is 32.8 Å². The summed E-state index contributed by atoms with van der Waals surface area (Å²) >= 11 is 0. The number of aryl methyl sites for hydroxylation is 1. The molecule has 1 saturated heterocycles. The van der Waals surface area contributed by atoms with E-state index in [2.05, 4.69) is 14.9 Å². The van der Waals surface area contributed by atoms with Crippen LogP contribution in [0.3, 0.4) is 0 Å². The summed E-state index contributed by atoms with van der Waals surface area (Å²) in [6.45, 7) is 5.22. The molecule has 176 valence electrons. The lowest BCUT2D eigenvalue weighted by Crippen LogP contribution is -2.39. The molecule has 4 rings (SSSR count). The van der Waals surface area contributed by atoms with E-state index in [0.29, 0.717) is 62.6 Å². The van der Waals surface area contributed by atoms with Gasteiger partial charge in [0.25, 0.3) is 5.56 Å². The van der Waals surface area contributed by atoms with Gasteiger partial charge in [0.2, 0.25) is 0 Å². The number of nitrogens with zero attached hydrogens (tertiary/aromatic N) is 2. The van der Waals surface area contributed by atoms with Crippen LogP contribution in [0.4, 0.5) is 0 Å². The number of nitrogens with one attached hydrogen (secondary N) is 1. The summed E-state index contributed by atoms with van der Waals surface area (Å²) in [4.78, 5) is 46.9. The Morgan fingerprint density at radius 3 is 2.70 bits per heavy atom. The van der Waals surface area contributed by atoms with Crippen molar-refractivity contribution in [3.63, 3.8) is 0 Å². The average molecular weight is 454 g/mol. The molecule has 3 heterocycles.